The summed E-state index contributed by atoms with van der Waals surface area (Å²) in [6.07, 6.45) is 5.95. The second kappa shape index (κ2) is 7.72. The Hall–Kier alpha value is -1.79. The van der Waals surface area contributed by atoms with E-state index in [-0.39, 0.29) is 6.04 Å². The van der Waals surface area contributed by atoms with Crippen molar-refractivity contribution >= 4 is 17.9 Å². The van der Waals surface area contributed by atoms with Gasteiger partial charge in [0.15, 0.2) is 0 Å². The average molecular weight is 285 g/mol. The van der Waals surface area contributed by atoms with E-state index in [1.807, 2.05) is 0 Å². The zero-order valence-corrected chi connectivity index (χ0v) is 11.8. The van der Waals surface area contributed by atoms with Crippen molar-refractivity contribution in [3.05, 3.63) is 0 Å². The summed E-state index contributed by atoms with van der Waals surface area (Å²) in [5.41, 5.74) is 4.98. The van der Waals surface area contributed by atoms with E-state index in [1.54, 1.807) is 11.9 Å². The standard InChI is InChI=1S/C13H23N3O4/c1-16(9-6-4-2-3-5-7-9)13(20)15-10(12(18)19)8-11(14)17/h9-10H,2-8H2,1H3,(H2,14,17)(H,15,20)(H,18,19)/t10-/m1/s1. The van der Waals surface area contributed by atoms with Crippen LogP contribution in [0.25, 0.3) is 0 Å². The molecule has 7 heteroatoms. The molecular formula is C13H23N3O4. The molecule has 0 spiro atoms. The molecule has 1 atom stereocenters. The van der Waals surface area contributed by atoms with E-state index in [0.29, 0.717) is 0 Å². The molecule has 0 aromatic rings. The summed E-state index contributed by atoms with van der Waals surface area (Å²) >= 11 is 0. The van der Waals surface area contributed by atoms with Crippen LogP contribution in [0, 0.1) is 0 Å². The van der Waals surface area contributed by atoms with Crippen LogP contribution in [-0.2, 0) is 9.59 Å². The predicted molar refractivity (Wildman–Crippen MR) is 73.0 cm³/mol. The lowest BCUT2D eigenvalue weighted by molar-refractivity contribution is -0.141. The largest absolute Gasteiger partial charge is 0.480 e. The topological polar surface area (TPSA) is 113 Å². The maximum absolute atomic E-state index is 12.1. The Balaban J connectivity index is 2.57. The highest BCUT2D eigenvalue weighted by Gasteiger charge is 2.26. The monoisotopic (exact) mass is 285 g/mol. The molecule has 0 aromatic heterocycles. The van der Waals surface area contributed by atoms with Crippen LogP contribution in [-0.4, -0.2) is 47.0 Å². The summed E-state index contributed by atoms with van der Waals surface area (Å²) in [5.74, 6) is -2.01. The molecule has 1 rings (SSSR count). The normalized spacial score (nSPS) is 17.9. The van der Waals surface area contributed by atoms with E-state index >= 15 is 0 Å². The van der Waals surface area contributed by atoms with Gasteiger partial charge >= 0.3 is 12.0 Å². The Morgan fingerprint density at radius 2 is 1.80 bits per heavy atom. The van der Waals surface area contributed by atoms with Gasteiger partial charge < -0.3 is 21.1 Å². The fourth-order valence-electron chi connectivity index (χ4n) is 2.46. The number of nitrogens with zero attached hydrogens (tertiary/aromatic N) is 1. The smallest absolute Gasteiger partial charge is 0.326 e. The molecule has 1 saturated carbocycles. The van der Waals surface area contributed by atoms with Crippen molar-refractivity contribution in [1.82, 2.24) is 10.2 Å². The minimum atomic E-state index is -1.27. The molecule has 1 aliphatic carbocycles. The van der Waals surface area contributed by atoms with Crippen molar-refractivity contribution in [2.24, 2.45) is 5.73 Å². The summed E-state index contributed by atoms with van der Waals surface area (Å²) in [7, 11) is 1.66. The molecule has 1 aliphatic rings. The quantitative estimate of drug-likeness (QED) is 0.644. The van der Waals surface area contributed by atoms with Crippen molar-refractivity contribution in [2.75, 3.05) is 7.05 Å². The van der Waals surface area contributed by atoms with Crippen molar-refractivity contribution in [2.45, 2.75) is 57.0 Å². The van der Waals surface area contributed by atoms with Crippen LogP contribution >= 0.6 is 0 Å². The fourth-order valence-corrected chi connectivity index (χ4v) is 2.46. The van der Waals surface area contributed by atoms with Crippen LogP contribution in [0.5, 0.6) is 0 Å². The van der Waals surface area contributed by atoms with Crippen LogP contribution in [0.1, 0.15) is 44.9 Å². The summed E-state index contributed by atoms with van der Waals surface area (Å²) < 4.78 is 0. The van der Waals surface area contributed by atoms with Gasteiger partial charge in [0.2, 0.25) is 5.91 Å². The summed E-state index contributed by atoms with van der Waals surface area (Å²) in [6, 6.07) is -1.61. The van der Waals surface area contributed by atoms with Crippen molar-refractivity contribution in [3.63, 3.8) is 0 Å². The number of urea groups is 1. The SMILES string of the molecule is CN(C(=O)N[C@H](CC(N)=O)C(=O)O)C1CCCCCC1. The van der Waals surface area contributed by atoms with Gasteiger partial charge in [-0.3, -0.25) is 4.79 Å². The number of hydrogen-bond donors (Lipinski definition) is 3. The van der Waals surface area contributed by atoms with Gasteiger partial charge in [0.25, 0.3) is 0 Å². The predicted octanol–water partition coefficient (Wildman–Crippen LogP) is 0.679. The van der Waals surface area contributed by atoms with Crippen molar-refractivity contribution in [1.29, 1.82) is 0 Å². The Morgan fingerprint density at radius 1 is 1.25 bits per heavy atom. The molecule has 114 valence electrons. The van der Waals surface area contributed by atoms with Gasteiger partial charge in [-0.2, -0.15) is 0 Å². The third kappa shape index (κ3) is 5.07. The molecule has 3 amide bonds. The maximum atomic E-state index is 12.1. The Kier molecular flexibility index (Phi) is 6.27. The number of carbonyl (C=O) groups excluding carboxylic acids is 2. The zero-order chi connectivity index (χ0) is 15.1. The fraction of sp³-hybridized carbons (Fsp3) is 0.769. The minimum absolute atomic E-state index is 0.125. The van der Waals surface area contributed by atoms with Gasteiger partial charge in [-0.05, 0) is 12.8 Å². The molecule has 0 saturated heterocycles. The van der Waals surface area contributed by atoms with Crippen LogP contribution in [0.3, 0.4) is 0 Å². The van der Waals surface area contributed by atoms with Gasteiger partial charge in [-0.15, -0.1) is 0 Å². The van der Waals surface area contributed by atoms with Crippen molar-refractivity contribution < 1.29 is 19.5 Å². The molecule has 1 fully saturated rings. The van der Waals surface area contributed by atoms with E-state index in [2.05, 4.69) is 5.32 Å². The molecule has 20 heavy (non-hydrogen) atoms. The van der Waals surface area contributed by atoms with Crippen LogP contribution in [0.2, 0.25) is 0 Å². The summed E-state index contributed by atoms with van der Waals surface area (Å²) in [5, 5.41) is 11.3. The van der Waals surface area contributed by atoms with Crippen LogP contribution < -0.4 is 11.1 Å². The molecule has 0 heterocycles. The minimum Gasteiger partial charge on any atom is -0.480 e. The Labute approximate surface area is 118 Å². The van der Waals surface area contributed by atoms with E-state index < -0.39 is 30.4 Å². The summed E-state index contributed by atoms with van der Waals surface area (Å²) in [6.45, 7) is 0. The lowest BCUT2D eigenvalue weighted by Gasteiger charge is -2.28. The number of carbonyl (C=O) groups is 3. The highest BCUT2D eigenvalue weighted by molar-refractivity contribution is 5.87. The number of hydrogen-bond acceptors (Lipinski definition) is 3. The Morgan fingerprint density at radius 3 is 2.25 bits per heavy atom. The molecule has 0 aromatic carbocycles. The van der Waals surface area contributed by atoms with Crippen LogP contribution in [0.4, 0.5) is 4.79 Å². The second-order valence-electron chi connectivity index (χ2n) is 5.27. The number of carboxylic acids is 1. The van der Waals surface area contributed by atoms with E-state index in [1.165, 1.54) is 12.8 Å². The molecule has 0 aliphatic heterocycles. The van der Waals surface area contributed by atoms with Gasteiger partial charge in [0.1, 0.15) is 6.04 Å². The lowest BCUT2D eigenvalue weighted by atomic mass is 10.1. The third-order valence-electron chi connectivity index (χ3n) is 3.69. The van der Waals surface area contributed by atoms with E-state index in [9.17, 15) is 14.4 Å². The number of amides is 3. The number of aliphatic carboxylic acids is 1. The molecule has 0 radical (unpaired) electrons. The van der Waals surface area contributed by atoms with Crippen molar-refractivity contribution in [3.8, 4) is 0 Å². The molecule has 7 nitrogen and oxygen atoms in total. The average Bonchev–Trinajstić information content (AvgIpc) is 2.65. The third-order valence-corrected chi connectivity index (χ3v) is 3.69. The number of nitrogens with two attached hydrogens (primary N) is 1. The second-order valence-corrected chi connectivity index (χ2v) is 5.27. The number of rotatable bonds is 5. The molecule has 0 bridgehead atoms. The maximum Gasteiger partial charge on any atom is 0.326 e. The molecule has 0 unspecified atom stereocenters. The number of carboxylic acid groups (broad SMARTS) is 1. The molecule has 4 N–H and O–H groups in total. The van der Waals surface area contributed by atoms with E-state index in [4.69, 9.17) is 10.8 Å². The summed E-state index contributed by atoms with van der Waals surface area (Å²) in [4.78, 5) is 35.4. The van der Waals surface area contributed by atoms with Gasteiger partial charge in [0.05, 0.1) is 6.42 Å². The first-order chi connectivity index (χ1) is 9.41. The van der Waals surface area contributed by atoms with Gasteiger partial charge in [0, 0.05) is 13.1 Å². The first-order valence-electron chi connectivity index (χ1n) is 6.96. The van der Waals surface area contributed by atoms with Gasteiger partial charge in [-0.1, -0.05) is 25.7 Å². The van der Waals surface area contributed by atoms with Crippen LogP contribution in [0.15, 0.2) is 0 Å². The molecular weight excluding hydrogens is 262 g/mol. The number of nitrogens with one attached hydrogen (secondary N) is 1. The highest BCUT2D eigenvalue weighted by Crippen LogP contribution is 2.21. The highest BCUT2D eigenvalue weighted by atomic mass is 16.4. The van der Waals surface area contributed by atoms with Gasteiger partial charge in [-0.25, -0.2) is 9.59 Å². The lowest BCUT2D eigenvalue weighted by Crippen LogP contribution is -2.50. The number of primary amides is 1. The zero-order valence-electron chi connectivity index (χ0n) is 11.8. The Bertz CT molecular complexity index is 365. The first-order valence-corrected chi connectivity index (χ1v) is 6.96. The first kappa shape index (κ1) is 16.3. The van der Waals surface area contributed by atoms with E-state index in [0.717, 1.165) is 25.7 Å².